The standard InChI is InChI=1S/C17H17FN2/c1-12(2)17-19-15-9-5-6-10-16(15)20(17)11-13-7-3-4-8-14(13)18/h3-10,12H,11H2,1-2H3. The highest BCUT2D eigenvalue weighted by molar-refractivity contribution is 5.76. The molecule has 0 amide bonds. The molecular formula is C17H17FN2. The summed E-state index contributed by atoms with van der Waals surface area (Å²) in [4.78, 5) is 4.68. The molecule has 0 spiro atoms. The molecule has 0 radical (unpaired) electrons. The van der Waals surface area contributed by atoms with Gasteiger partial charge in [0.2, 0.25) is 0 Å². The van der Waals surface area contributed by atoms with Crippen molar-refractivity contribution in [3.05, 3.63) is 65.7 Å². The molecule has 0 aliphatic rings. The minimum atomic E-state index is -0.167. The Kier molecular flexibility index (Phi) is 3.26. The lowest BCUT2D eigenvalue weighted by molar-refractivity contribution is 0.592. The molecule has 3 aromatic rings. The fourth-order valence-electron chi connectivity index (χ4n) is 2.50. The van der Waals surface area contributed by atoms with Gasteiger partial charge in [0.25, 0.3) is 0 Å². The predicted molar refractivity (Wildman–Crippen MR) is 79.3 cm³/mol. The minimum absolute atomic E-state index is 0.167. The second kappa shape index (κ2) is 5.08. The molecule has 0 bridgehead atoms. The van der Waals surface area contributed by atoms with Crippen LogP contribution in [0.15, 0.2) is 48.5 Å². The molecule has 20 heavy (non-hydrogen) atoms. The molecule has 1 heterocycles. The van der Waals surface area contributed by atoms with Crippen LogP contribution in [0.5, 0.6) is 0 Å². The normalized spacial score (nSPS) is 11.4. The van der Waals surface area contributed by atoms with E-state index in [1.807, 2.05) is 36.4 Å². The summed E-state index contributed by atoms with van der Waals surface area (Å²) in [7, 11) is 0. The van der Waals surface area contributed by atoms with Gasteiger partial charge in [0, 0.05) is 11.5 Å². The first kappa shape index (κ1) is 12.9. The van der Waals surface area contributed by atoms with Crippen molar-refractivity contribution >= 4 is 11.0 Å². The number of fused-ring (bicyclic) bond motifs is 1. The van der Waals surface area contributed by atoms with E-state index in [4.69, 9.17) is 0 Å². The highest BCUT2D eigenvalue weighted by Crippen LogP contribution is 2.23. The maximum atomic E-state index is 13.9. The van der Waals surface area contributed by atoms with Crippen molar-refractivity contribution in [3.63, 3.8) is 0 Å². The van der Waals surface area contributed by atoms with Gasteiger partial charge in [-0.25, -0.2) is 9.37 Å². The molecule has 0 aliphatic carbocycles. The van der Waals surface area contributed by atoms with Gasteiger partial charge in [0.05, 0.1) is 17.6 Å². The Labute approximate surface area is 117 Å². The van der Waals surface area contributed by atoms with Crippen molar-refractivity contribution in [2.45, 2.75) is 26.3 Å². The Morgan fingerprint density at radius 1 is 1.05 bits per heavy atom. The van der Waals surface area contributed by atoms with Crippen LogP contribution in [0.1, 0.15) is 31.2 Å². The molecular weight excluding hydrogens is 251 g/mol. The molecule has 3 rings (SSSR count). The Morgan fingerprint density at radius 2 is 1.75 bits per heavy atom. The van der Waals surface area contributed by atoms with Gasteiger partial charge in [-0.15, -0.1) is 0 Å². The van der Waals surface area contributed by atoms with Crippen LogP contribution in [-0.4, -0.2) is 9.55 Å². The van der Waals surface area contributed by atoms with Gasteiger partial charge in [-0.2, -0.15) is 0 Å². The summed E-state index contributed by atoms with van der Waals surface area (Å²) >= 11 is 0. The lowest BCUT2D eigenvalue weighted by Gasteiger charge is -2.12. The van der Waals surface area contributed by atoms with Gasteiger partial charge < -0.3 is 4.57 Å². The maximum absolute atomic E-state index is 13.9. The molecule has 102 valence electrons. The van der Waals surface area contributed by atoms with Gasteiger partial charge in [-0.3, -0.25) is 0 Å². The summed E-state index contributed by atoms with van der Waals surface area (Å²) in [6.07, 6.45) is 0. The van der Waals surface area contributed by atoms with Gasteiger partial charge in [-0.05, 0) is 18.2 Å². The van der Waals surface area contributed by atoms with Crippen LogP contribution in [-0.2, 0) is 6.54 Å². The highest BCUT2D eigenvalue weighted by atomic mass is 19.1. The Hall–Kier alpha value is -2.16. The number of hydrogen-bond acceptors (Lipinski definition) is 1. The quantitative estimate of drug-likeness (QED) is 0.690. The summed E-state index contributed by atoms with van der Waals surface area (Å²) in [5, 5.41) is 0. The second-order valence-corrected chi connectivity index (χ2v) is 5.29. The van der Waals surface area contributed by atoms with Crippen LogP contribution in [0, 0.1) is 5.82 Å². The molecule has 0 N–H and O–H groups in total. The van der Waals surface area contributed by atoms with Crippen molar-refractivity contribution in [2.24, 2.45) is 0 Å². The van der Waals surface area contributed by atoms with Crippen molar-refractivity contribution in [2.75, 3.05) is 0 Å². The topological polar surface area (TPSA) is 17.8 Å². The first-order valence-electron chi connectivity index (χ1n) is 6.85. The van der Waals surface area contributed by atoms with Crippen molar-refractivity contribution < 1.29 is 4.39 Å². The lowest BCUT2D eigenvalue weighted by atomic mass is 10.1. The van der Waals surface area contributed by atoms with Gasteiger partial charge >= 0.3 is 0 Å². The summed E-state index contributed by atoms with van der Waals surface area (Å²) in [6, 6.07) is 14.9. The zero-order valence-corrected chi connectivity index (χ0v) is 11.7. The molecule has 2 aromatic carbocycles. The number of hydrogen-bond donors (Lipinski definition) is 0. The summed E-state index contributed by atoms with van der Waals surface area (Å²) < 4.78 is 16.0. The summed E-state index contributed by atoms with van der Waals surface area (Å²) in [5.74, 6) is 1.13. The predicted octanol–water partition coefficient (Wildman–Crippen LogP) is 4.35. The number of nitrogens with zero attached hydrogens (tertiary/aromatic N) is 2. The molecule has 3 heteroatoms. The van der Waals surface area contributed by atoms with Crippen LogP contribution in [0.3, 0.4) is 0 Å². The summed E-state index contributed by atoms with van der Waals surface area (Å²) in [6.45, 7) is 4.73. The highest BCUT2D eigenvalue weighted by Gasteiger charge is 2.14. The van der Waals surface area contributed by atoms with Gasteiger partial charge in [-0.1, -0.05) is 44.2 Å². The smallest absolute Gasteiger partial charge is 0.128 e. The van der Waals surface area contributed by atoms with Crippen molar-refractivity contribution in [3.8, 4) is 0 Å². The molecule has 0 fully saturated rings. The Balaban J connectivity index is 2.14. The zero-order valence-electron chi connectivity index (χ0n) is 11.7. The number of imidazole rings is 1. The third-order valence-electron chi connectivity index (χ3n) is 3.49. The molecule has 0 saturated heterocycles. The lowest BCUT2D eigenvalue weighted by Crippen LogP contribution is -2.07. The SMILES string of the molecule is CC(C)c1nc2ccccc2n1Cc1ccccc1F. The molecule has 0 aliphatic heterocycles. The third-order valence-corrected chi connectivity index (χ3v) is 3.49. The average molecular weight is 268 g/mol. The largest absolute Gasteiger partial charge is 0.323 e. The van der Waals surface area contributed by atoms with E-state index in [0.717, 1.165) is 16.9 Å². The van der Waals surface area contributed by atoms with Crippen LogP contribution >= 0.6 is 0 Å². The minimum Gasteiger partial charge on any atom is -0.323 e. The van der Waals surface area contributed by atoms with Crippen molar-refractivity contribution in [1.29, 1.82) is 0 Å². The fourth-order valence-corrected chi connectivity index (χ4v) is 2.50. The van der Waals surface area contributed by atoms with Gasteiger partial charge in [0.15, 0.2) is 0 Å². The monoisotopic (exact) mass is 268 g/mol. The van der Waals surface area contributed by atoms with E-state index in [-0.39, 0.29) is 5.82 Å². The van der Waals surface area contributed by atoms with E-state index in [2.05, 4.69) is 23.4 Å². The number of para-hydroxylation sites is 2. The number of aromatic nitrogens is 2. The molecule has 0 atom stereocenters. The van der Waals surface area contributed by atoms with Crippen LogP contribution < -0.4 is 0 Å². The van der Waals surface area contributed by atoms with E-state index >= 15 is 0 Å². The first-order chi connectivity index (χ1) is 9.66. The first-order valence-corrected chi connectivity index (χ1v) is 6.85. The number of rotatable bonds is 3. The number of benzene rings is 2. The van der Waals surface area contributed by atoms with Crippen LogP contribution in [0.25, 0.3) is 11.0 Å². The third kappa shape index (κ3) is 2.20. The summed E-state index contributed by atoms with van der Waals surface area (Å²) in [5.41, 5.74) is 2.71. The molecule has 1 aromatic heterocycles. The van der Waals surface area contributed by atoms with Crippen LogP contribution in [0.4, 0.5) is 4.39 Å². The Morgan fingerprint density at radius 3 is 2.50 bits per heavy atom. The fraction of sp³-hybridized carbons (Fsp3) is 0.235. The zero-order chi connectivity index (χ0) is 14.1. The molecule has 0 unspecified atom stereocenters. The second-order valence-electron chi connectivity index (χ2n) is 5.29. The number of halogens is 1. The maximum Gasteiger partial charge on any atom is 0.128 e. The van der Waals surface area contributed by atoms with Crippen LogP contribution in [0.2, 0.25) is 0 Å². The van der Waals surface area contributed by atoms with E-state index in [1.54, 1.807) is 6.07 Å². The molecule has 0 saturated carbocycles. The van der Waals surface area contributed by atoms with Gasteiger partial charge in [0.1, 0.15) is 11.6 Å². The van der Waals surface area contributed by atoms with E-state index < -0.39 is 0 Å². The molecule has 2 nitrogen and oxygen atoms in total. The van der Waals surface area contributed by atoms with E-state index in [9.17, 15) is 4.39 Å². The Bertz CT molecular complexity index is 744. The van der Waals surface area contributed by atoms with Crippen molar-refractivity contribution in [1.82, 2.24) is 9.55 Å². The average Bonchev–Trinajstić information content (AvgIpc) is 2.81. The van der Waals surface area contributed by atoms with E-state index in [1.165, 1.54) is 6.07 Å². The van der Waals surface area contributed by atoms with E-state index in [0.29, 0.717) is 18.0 Å².